The molecule has 0 spiro atoms. The van der Waals surface area contributed by atoms with Crippen LogP contribution in [0.1, 0.15) is 5.56 Å². The van der Waals surface area contributed by atoms with Gasteiger partial charge in [-0.3, -0.25) is 4.98 Å². The van der Waals surface area contributed by atoms with Crippen molar-refractivity contribution >= 4 is 43.6 Å². The summed E-state index contributed by atoms with van der Waals surface area (Å²) in [6.45, 7) is 0. The lowest BCUT2D eigenvalue weighted by molar-refractivity contribution is -0.137. The van der Waals surface area contributed by atoms with Crippen LogP contribution in [0.15, 0.2) is 243 Å². The summed E-state index contributed by atoms with van der Waals surface area (Å²) in [5.74, 6) is 3.18. The number of aromatic nitrogens is 9. The molecule has 14 aromatic rings. The summed E-state index contributed by atoms with van der Waals surface area (Å²) in [5.41, 5.74) is 9.47. The second kappa shape index (κ2) is 18.7. The quantitative estimate of drug-likeness (QED) is 0.142. The SMILES string of the molecule is FC(F)(F)c1ccc(-n2c3ccccc3c3cc(-c4nc(-c5ccccc5)nc(-c5ccccc5)n4)ccc32)c(-c2cc(-n3c4ccccc4c4cc(-c5nc(-c6ccccc6)nc(-c6ccccc6)n5)ccc43)ccn2)c1. The molecule has 0 amide bonds. The van der Waals surface area contributed by atoms with Gasteiger partial charge in [0.2, 0.25) is 0 Å². The molecule has 0 aliphatic rings. The average Bonchev–Trinajstić information content (AvgIpc) is 4.15. The molecule has 0 N–H and O–H groups in total. The molecule has 9 aromatic carbocycles. The third kappa shape index (κ3) is 8.19. The highest BCUT2D eigenvalue weighted by Crippen LogP contribution is 2.42. The molecule has 14 rings (SSSR count). The average molecular weight is 1020 g/mol. The van der Waals surface area contributed by atoms with Crippen LogP contribution in [0.3, 0.4) is 0 Å². The number of fused-ring (bicyclic) bond motifs is 6. The fraction of sp³-hybridized carbons (Fsp3) is 0.0152. The minimum Gasteiger partial charge on any atom is -0.309 e. The molecule has 0 saturated carbocycles. The lowest BCUT2D eigenvalue weighted by atomic mass is 10.0. The molecule has 0 fully saturated rings. The molecule has 12 heteroatoms. The predicted molar refractivity (Wildman–Crippen MR) is 303 cm³/mol. The van der Waals surface area contributed by atoms with Crippen molar-refractivity contribution in [1.82, 2.24) is 44.0 Å². The first-order valence-electron chi connectivity index (χ1n) is 25.3. The van der Waals surface area contributed by atoms with E-state index in [9.17, 15) is 13.2 Å². The van der Waals surface area contributed by atoms with E-state index in [1.54, 1.807) is 12.3 Å². The molecular weight excluding hydrogens is 976 g/mol. The van der Waals surface area contributed by atoms with E-state index in [4.69, 9.17) is 34.9 Å². The van der Waals surface area contributed by atoms with Crippen molar-refractivity contribution in [2.45, 2.75) is 6.18 Å². The van der Waals surface area contributed by atoms with E-state index in [2.05, 4.69) is 22.8 Å². The van der Waals surface area contributed by atoms with Gasteiger partial charge in [0.15, 0.2) is 34.9 Å². The smallest absolute Gasteiger partial charge is 0.309 e. The Balaban J connectivity index is 0.913. The van der Waals surface area contributed by atoms with Crippen LogP contribution in [0.5, 0.6) is 0 Å². The van der Waals surface area contributed by atoms with E-state index < -0.39 is 11.7 Å². The largest absolute Gasteiger partial charge is 0.416 e. The molecule has 5 heterocycles. The van der Waals surface area contributed by atoms with Gasteiger partial charge < -0.3 is 9.13 Å². The number of hydrogen-bond acceptors (Lipinski definition) is 7. The highest BCUT2D eigenvalue weighted by atomic mass is 19.4. The fourth-order valence-corrected chi connectivity index (χ4v) is 10.5. The van der Waals surface area contributed by atoms with Crippen LogP contribution in [0.25, 0.3) is 135 Å². The van der Waals surface area contributed by atoms with Gasteiger partial charge >= 0.3 is 6.18 Å². The van der Waals surface area contributed by atoms with Crippen LogP contribution in [0.4, 0.5) is 13.2 Å². The van der Waals surface area contributed by atoms with E-state index in [1.807, 2.05) is 205 Å². The number of halogens is 3. The molecule has 0 saturated heterocycles. The molecule has 0 atom stereocenters. The van der Waals surface area contributed by atoms with Crippen molar-refractivity contribution in [1.29, 1.82) is 0 Å². The summed E-state index contributed by atoms with van der Waals surface area (Å²) in [6.07, 6.45) is -2.97. The van der Waals surface area contributed by atoms with Gasteiger partial charge in [-0.1, -0.05) is 158 Å². The monoisotopic (exact) mass is 1020 g/mol. The zero-order valence-electron chi connectivity index (χ0n) is 41.3. The predicted octanol–water partition coefficient (Wildman–Crippen LogP) is 16.3. The van der Waals surface area contributed by atoms with E-state index in [1.165, 1.54) is 6.07 Å². The zero-order valence-corrected chi connectivity index (χ0v) is 41.3. The summed E-state index contributed by atoms with van der Waals surface area (Å²) in [6, 6.07) is 75.1. The van der Waals surface area contributed by atoms with Crippen LogP contribution < -0.4 is 0 Å². The van der Waals surface area contributed by atoms with Gasteiger partial charge in [-0.2, -0.15) is 13.2 Å². The topological polar surface area (TPSA) is 100 Å². The Hall–Kier alpha value is -10.5. The van der Waals surface area contributed by atoms with Gasteiger partial charge in [0.25, 0.3) is 0 Å². The molecule has 0 aliphatic carbocycles. The van der Waals surface area contributed by atoms with Gasteiger partial charge in [-0.15, -0.1) is 0 Å². The van der Waals surface area contributed by atoms with Crippen molar-refractivity contribution in [2.75, 3.05) is 0 Å². The van der Waals surface area contributed by atoms with Crippen LogP contribution >= 0.6 is 0 Å². The second-order valence-electron chi connectivity index (χ2n) is 18.9. The van der Waals surface area contributed by atoms with Gasteiger partial charge in [0.1, 0.15) is 0 Å². The Morgan fingerprint density at radius 3 is 1.14 bits per heavy atom. The van der Waals surface area contributed by atoms with E-state index in [0.29, 0.717) is 57.6 Å². The molecule has 0 bridgehead atoms. The Morgan fingerprint density at radius 2 is 0.692 bits per heavy atom. The maximum atomic E-state index is 14.9. The summed E-state index contributed by atoms with van der Waals surface area (Å²) in [4.78, 5) is 34.6. The minimum absolute atomic E-state index is 0.303. The summed E-state index contributed by atoms with van der Waals surface area (Å²) >= 11 is 0. The standard InChI is InChI=1S/C66H40F3N9/c67-66(68,69)47-31-34-59(78-56-28-16-14-26-50(56)52-38-46(30-33-58(52)78)65-75-62(43-21-9-3-10-22-43)72-63(76-65)44-23-11-4-12-24-44)53(39-47)54-40-48(35-36-70-54)77-55-27-15-13-25-49(55)51-37-45(29-32-57(51)77)64-73-60(41-17-5-1-6-18-41)71-61(74-64)42-19-7-2-8-20-42/h1-40H. The maximum absolute atomic E-state index is 14.9. The Morgan fingerprint density at radius 1 is 0.308 bits per heavy atom. The molecular formula is C66H40F3N9. The van der Waals surface area contributed by atoms with Crippen molar-refractivity contribution in [3.63, 3.8) is 0 Å². The molecule has 0 aliphatic heterocycles. The second-order valence-corrected chi connectivity index (χ2v) is 18.9. The molecule has 0 unspecified atom stereocenters. The summed E-state index contributed by atoms with van der Waals surface area (Å²) in [7, 11) is 0. The van der Waals surface area contributed by atoms with Crippen molar-refractivity contribution in [3.05, 3.63) is 248 Å². The van der Waals surface area contributed by atoms with Crippen molar-refractivity contribution < 1.29 is 13.2 Å². The first-order valence-corrected chi connectivity index (χ1v) is 25.3. The Kier molecular flexibility index (Phi) is 11.1. The van der Waals surface area contributed by atoms with Gasteiger partial charge in [0.05, 0.1) is 39.0 Å². The zero-order chi connectivity index (χ0) is 52.3. The first-order chi connectivity index (χ1) is 38.3. The molecule has 0 radical (unpaired) electrons. The maximum Gasteiger partial charge on any atom is 0.416 e. The van der Waals surface area contributed by atoms with Crippen LogP contribution in [0.2, 0.25) is 0 Å². The van der Waals surface area contributed by atoms with Crippen LogP contribution in [0, 0.1) is 0 Å². The lowest BCUT2D eigenvalue weighted by Crippen LogP contribution is -2.07. The number of alkyl halides is 3. The van der Waals surface area contributed by atoms with Crippen molar-refractivity contribution in [2.24, 2.45) is 0 Å². The Bertz CT molecular complexity index is 4480. The number of para-hydroxylation sites is 2. The summed E-state index contributed by atoms with van der Waals surface area (Å²) < 4.78 is 48.9. The third-order valence-corrected chi connectivity index (χ3v) is 14.1. The first kappa shape index (κ1) is 46.1. The fourth-order valence-electron chi connectivity index (χ4n) is 10.5. The molecule has 5 aromatic heterocycles. The normalized spacial score (nSPS) is 11.8. The van der Waals surface area contributed by atoms with Crippen molar-refractivity contribution in [3.8, 4) is 91.0 Å². The van der Waals surface area contributed by atoms with Crippen LogP contribution in [-0.4, -0.2) is 44.0 Å². The highest BCUT2D eigenvalue weighted by Gasteiger charge is 2.32. The molecule has 78 heavy (non-hydrogen) atoms. The molecule has 9 nitrogen and oxygen atoms in total. The lowest BCUT2D eigenvalue weighted by Gasteiger charge is -2.17. The number of benzene rings is 9. The Labute approximate surface area is 444 Å². The number of pyridine rings is 1. The number of nitrogens with zero attached hydrogens (tertiary/aromatic N) is 9. The van der Waals surface area contributed by atoms with E-state index >= 15 is 0 Å². The third-order valence-electron chi connectivity index (χ3n) is 14.1. The number of hydrogen-bond donors (Lipinski definition) is 0. The molecule has 370 valence electrons. The van der Waals surface area contributed by atoms with Gasteiger partial charge in [-0.25, -0.2) is 29.9 Å². The highest BCUT2D eigenvalue weighted by molar-refractivity contribution is 6.12. The van der Waals surface area contributed by atoms with Gasteiger partial charge in [0, 0.05) is 72.4 Å². The summed E-state index contributed by atoms with van der Waals surface area (Å²) in [5, 5.41) is 3.69. The van der Waals surface area contributed by atoms with Crippen LogP contribution in [-0.2, 0) is 6.18 Å². The van der Waals surface area contributed by atoms with E-state index in [-0.39, 0.29) is 0 Å². The number of rotatable bonds is 9. The van der Waals surface area contributed by atoms with E-state index in [0.717, 1.165) is 83.1 Å². The van der Waals surface area contributed by atoms with Gasteiger partial charge in [-0.05, 0) is 78.9 Å². The minimum atomic E-state index is -4.63.